The number of pyridine rings is 1. The van der Waals surface area contributed by atoms with Crippen LogP contribution < -0.4 is 20.5 Å². The second-order valence-electron chi connectivity index (χ2n) is 7.84. The number of hydrogen-bond donors (Lipinski definition) is 3. The number of carbonyl (C=O) groups excluding carboxylic acids is 1. The fourth-order valence-corrected chi connectivity index (χ4v) is 3.61. The molecular formula is C25H26ClN3O5. The summed E-state index contributed by atoms with van der Waals surface area (Å²) in [5.74, 6) is 0.423. The molecule has 0 bridgehead atoms. The first-order chi connectivity index (χ1) is 16.0. The Hall–Kier alpha value is -3.62. The van der Waals surface area contributed by atoms with Gasteiger partial charge in [-0.15, -0.1) is 12.4 Å². The van der Waals surface area contributed by atoms with Crippen LogP contribution in [-0.4, -0.2) is 28.0 Å². The van der Waals surface area contributed by atoms with Crippen molar-refractivity contribution in [2.45, 2.75) is 37.8 Å². The van der Waals surface area contributed by atoms with Crippen LogP contribution in [0.25, 0.3) is 0 Å². The molecule has 2 unspecified atom stereocenters. The normalized spacial score (nSPS) is 15.1. The van der Waals surface area contributed by atoms with Gasteiger partial charge >= 0.3 is 5.97 Å². The predicted molar refractivity (Wildman–Crippen MR) is 130 cm³/mol. The van der Waals surface area contributed by atoms with Crippen molar-refractivity contribution in [3.05, 3.63) is 78.0 Å². The van der Waals surface area contributed by atoms with Crippen LogP contribution in [-0.2, 0) is 16.0 Å². The number of halogens is 1. The average Bonchev–Trinajstić information content (AvgIpc) is 2.84. The number of anilines is 1. The molecule has 0 saturated carbocycles. The zero-order valence-electron chi connectivity index (χ0n) is 18.3. The number of aromatic nitrogens is 1. The molecule has 2 atom stereocenters. The lowest BCUT2D eigenvalue weighted by molar-refractivity contribution is -0.137. The van der Waals surface area contributed by atoms with Crippen molar-refractivity contribution >= 4 is 30.0 Å². The molecule has 1 aromatic heterocycles. The number of aryl methyl sites for hydroxylation is 1. The molecule has 2 heterocycles. The van der Waals surface area contributed by atoms with E-state index in [0.717, 1.165) is 24.2 Å². The van der Waals surface area contributed by atoms with Crippen LogP contribution in [0.3, 0.4) is 0 Å². The Bertz CT molecular complexity index is 1130. The Morgan fingerprint density at radius 1 is 1.18 bits per heavy atom. The number of carboxylic acids is 1. The van der Waals surface area contributed by atoms with E-state index in [1.54, 1.807) is 12.1 Å². The highest BCUT2D eigenvalue weighted by molar-refractivity contribution is 5.94. The van der Waals surface area contributed by atoms with E-state index < -0.39 is 17.9 Å². The van der Waals surface area contributed by atoms with Gasteiger partial charge in [0.05, 0.1) is 17.9 Å². The van der Waals surface area contributed by atoms with Gasteiger partial charge in [-0.25, -0.2) is 4.98 Å². The molecule has 0 spiro atoms. The fourth-order valence-electron chi connectivity index (χ4n) is 3.61. The number of aliphatic carboxylic acids is 1. The van der Waals surface area contributed by atoms with E-state index in [2.05, 4.69) is 22.4 Å². The second-order valence-corrected chi connectivity index (χ2v) is 7.84. The van der Waals surface area contributed by atoms with Gasteiger partial charge in [-0.05, 0) is 54.7 Å². The molecule has 4 N–H and O–H groups in total. The van der Waals surface area contributed by atoms with Crippen molar-refractivity contribution in [2.75, 3.05) is 5.32 Å². The lowest BCUT2D eigenvalue weighted by atomic mass is 9.97. The molecule has 0 fully saturated rings. The van der Waals surface area contributed by atoms with E-state index in [1.165, 1.54) is 11.8 Å². The number of carbonyl (C=O) groups is 2. The maximum Gasteiger partial charge on any atom is 0.303 e. The summed E-state index contributed by atoms with van der Waals surface area (Å²) < 4.78 is 12.0. The first kappa shape index (κ1) is 25.0. The van der Waals surface area contributed by atoms with Crippen LogP contribution in [0.2, 0.25) is 0 Å². The van der Waals surface area contributed by atoms with Gasteiger partial charge < -0.3 is 25.6 Å². The van der Waals surface area contributed by atoms with Crippen molar-refractivity contribution in [1.29, 1.82) is 0 Å². The van der Waals surface area contributed by atoms with Gasteiger partial charge in [-0.2, -0.15) is 0 Å². The smallest absolute Gasteiger partial charge is 0.303 e. The van der Waals surface area contributed by atoms with Crippen molar-refractivity contribution < 1.29 is 24.2 Å². The first-order valence-electron chi connectivity index (χ1n) is 10.7. The molecule has 1 aliphatic rings. The summed E-state index contributed by atoms with van der Waals surface area (Å²) in [6, 6.07) is 18.3. The van der Waals surface area contributed by atoms with Crippen LogP contribution in [0.15, 0.2) is 66.9 Å². The Kier molecular flexibility index (Phi) is 8.45. The minimum atomic E-state index is -0.994. The van der Waals surface area contributed by atoms with Gasteiger partial charge in [-0.1, -0.05) is 30.3 Å². The van der Waals surface area contributed by atoms with Gasteiger partial charge in [0.1, 0.15) is 17.6 Å². The molecule has 4 rings (SSSR count). The number of nitrogens with two attached hydrogens (primary N) is 1. The Balaban J connectivity index is 0.00000324. The molecule has 0 saturated heterocycles. The monoisotopic (exact) mass is 483 g/mol. The van der Waals surface area contributed by atoms with E-state index in [-0.39, 0.29) is 31.4 Å². The standard InChI is InChI=1S/C25H25N3O5.ClH/c26-20(9-13-24(29)30)25(31)28-18-7-12-23(27-15-18)32-19-8-11-22-17(14-19)6-10-21(33-22)16-4-2-1-3-5-16;/h1-5,7-8,11-12,14-15,20-21H,6,9-10,13,26H2,(H,28,31)(H,29,30);1H. The molecule has 34 heavy (non-hydrogen) atoms. The summed E-state index contributed by atoms with van der Waals surface area (Å²) in [6.07, 6.45) is 3.17. The van der Waals surface area contributed by atoms with E-state index in [0.29, 0.717) is 17.3 Å². The largest absolute Gasteiger partial charge is 0.485 e. The van der Waals surface area contributed by atoms with Crippen molar-refractivity contribution in [1.82, 2.24) is 4.98 Å². The molecule has 1 aliphatic heterocycles. The predicted octanol–water partition coefficient (Wildman–Crippen LogP) is 4.49. The van der Waals surface area contributed by atoms with Gasteiger partial charge in [0.2, 0.25) is 11.8 Å². The maximum absolute atomic E-state index is 12.1. The summed E-state index contributed by atoms with van der Waals surface area (Å²) in [4.78, 5) is 26.9. The number of hydrogen-bond acceptors (Lipinski definition) is 6. The van der Waals surface area contributed by atoms with Crippen molar-refractivity contribution in [2.24, 2.45) is 5.73 Å². The SMILES string of the molecule is Cl.NC(CCC(=O)O)C(=O)Nc1ccc(Oc2ccc3c(c2)CCC(c2ccccc2)O3)nc1. The Morgan fingerprint density at radius 3 is 2.68 bits per heavy atom. The summed E-state index contributed by atoms with van der Waals surface area (Å²) in [5, 5.41) is 11.3. The molecule has 178 valence electrons. The van der Waals surface area contributed by atoms with Crippen molar-refractivity contribution in [3.63, 3.8) is 0 Å². The molecule has 1 amide bonds. The van der Waals surface area contributed by atoms with Crippen molar-refractivity contribution in [3.8, 4) is 17.4 Å². The van der Waals surface area contributed by atoms with Crippen LogP contribution >= 0.6 is 12.4 Å². The molecule has 0 aliphatic carbocycles. The summed E-state index contributed by atoms with van der Waals surface area (Å²) in [7, 11) is 0. The van der Waals surface area contributed by atoms with Gasteiger partial charge in [-0.3, -0.25) is 9.59 Å². The maximum atomic E-state index is 12.1. The zero-order chi connectivity index (χ0) is 23.2. The number of rotatable bonds is 8. The number of nitrogens with zero attached hydrogens (tertiary/aromatic N) is 1. The third kappa shape index (κ3) is 6.46. The highest BCUT2D eigenvalue weighted by atomic mass is 35.5. The van der Waals surface area contributed by atoms with Crippen LogP contribution in [0.5, 0.6) is 17.4 Å². The first-order valence-corrected chi connectivity index (χ1v) is 10.7. The number of nitrogens with one attached hydrogen (secondary N) is 1. The highest BCUT2D eigenvalue weighted by Crippen LogP contribution is 2.37. The molecule has 0 radical (unpaired) electrons. The number of amides is 1. The van der Waals surface area contributed by atoms with Gasteiger partial charge in [0.25, 0.3) is 0 Å². The molecule has 3 aromatic rings. The van der Waals surface area contributed by atoms with E-state index in [9.17, 15) is 9.59 Å². The third-order valence-corrected chi connectivity index (χ3v) is 5.38. The minimum absolute atomic E-state index is 0. The topological polar surface area (TPSA) is 124 Å². The quantitative estimate of drug-likeness (QED) is 0.431. The lowest BCUT2D eigenvalue weighted by Gasteiger charge is -2.26. The molecule has 2 aromatic carbocycles. The van der Waals surface area contributed by atoms with Gasteiger partial charge in [0.15, 0.2) is 0 Å². The average molecular weight is 484 g/mol. The Morgan fingerprint density at radius 2 is 1.97 bits per heavy atom. The molecule has 8 nitrogen and oxygen atoms in total. The summed E-state index contributed by atoms with van der Waals surface area (Å²) in [6.45, 7) is 0. The molecular weight excluding hydrogens is 458 g/mol. The summed E-state index contributed by atoms with van der Waals surface area (Å²) >= 11 is 0. The summed E-state index contributed by atoms with van der Waals surface area (Å²) in [5.41, 5.74) is 8.41. The van der Waals surface area contributed by atoms with Crippen LogP contribution in [0.4, 0.5) is 5.69 Å². The lowest BCUT2D eigenvalue weighted by Crippen LogP contribution is -2.36. The van der Waals surface area contributed by atoms with E-state index >= 15 is 0 Å². The fraction of sp³-hybridized carbons (Fsp3) is 0.240. The second kappa shape index (κ2) is 11.5. The number of ether oxygens (including phenoxy) is 2. The van der Waals surface area contributed by atoms with Crippen LogP contribution in [0, 0.1) is 0 Å². The third-order valence-electron chi connectivity index (χ3n) is 5.38. The van der Waals surface area contributed by atoms with Gasteiger partial charge in [0, 0.05) is 12.5 Å². The Labute approximate surface area is 203 Å². The minimum Gasteiger partial charge on any atom is -0.485 e. The zero-order valence-corrected chi connectivity index (χ0v) is 19.2. The van der Waals surface area contributed by atoms with Crippen LogP contribution in [0.1, 0.15) is 36.5 Å². The number of benzene rings is 2. The highest BCUT2D eigenvalue weighted by Gasteiger charge is 2.22. The van der Waals surface area contributed by atoms with E-state index in [4.69, 9.17) is 20.3 Å². The molecule has 9 heteroatoms. The number of fused-ring (bicyclic) bond motifs is 1. The number of carboxylic acid groups (broad SMARTS) is 1. The van der Waals surface area contributed by atoms with E-state index in [1.807, 2.05) is 36.4 Å².